The number of benzene rings is 2. The molecule has 0 heterocycles. The van der Waals surface area contributed by atoms with Crippen LogP contribution in [0, 0.1) is 17.0 Å². The zero-order chi connectivity index (χ0) is 17.2. The Kier molecular flexibility index (Phi) is 4.50. The molecular formula is C18H19NO4. The summed E-state index contributed by atoms with van der Waals surface area (Å²) >= 11 is 0. The Morgan fingerprint density at radius 3 is 2.39 bits per heavy atom. The number of carbonyl (C=O) groups excluding carboxylic acids is 1. The van der Waals surface area contributed by atoms with E-state index in [1.54, 1.807) is 6.07 Å². The smallest absolute Gasteiger partial charge is 0.343 e. The molecule has 0 aliphatic heterocycles. The van der Waals surface area contributed by atoms with Gasteiger partial charge in [0, 0.05) is 12.1 Å². The van der Waals surface area contributed by atoms with Gasteiger partial charge in [0.15, 0.2) is 0 Å². The van der Waals surface area contributed by atoms with Gasteiger partial charge < -0.3 is 4.74 Å². The van der Waals surface area contributed by atoms with Gasteiger partial charge >= 0.3 is 5.97 Å². The number of rotatable bonds is 3. The summed E-state index contributed by atoms with van der Waals surface area (Å²) in [7, 11) is 0. The van der Waals surface area contributed by atoms with E-state index >= 15 is 0 Å². The van der Waals surface area contributed by atoms with Gasteiger partial charge in [-0.25, -0.2) is 4.79 Å². The summed E-state index contributed by atoms with van der Waals surface area (Å²) < 4.78 is 5.37. The average molecular weight is 313 g/mol. The molecule has 0 N–H and O–H groups in total. The largest absolute Gasteiger partial charge is 0.423 e. The van der Waals surface area contributed by atoms with Crippen LogP contribution in [0.1, 0.15) is 42.3 Å². The first-order valence-electron chi connectivity index (χ1n) is 7.26. The molecule has 0 saturated heterocycles. The highest BCUT2D eigenvalue weighted by molar-refractivity contribution is 5.91. The molecule has 2 aromatic rings. The van der Waals surface area contributed by atoms with E-state index in [1.165, 1.54) is 24.3 Å². The van der Waals surface area contributed by atoms with Crippen LogP contribution in [0.2, 0.25) is 0 Å². The van der Waals surface area contributed by atoms with Crippen molar-refractivity contribution in [2.75, 3.05) is 0 Å². The average Bonchev–Trinajstić information content (AvgIpc) is 2.48. The normalized spacial score (nSPS) is 11.1. The van der Waals surface area contributed by atoms with Crippen molar-refractivity contribution in [3.05, 3.63) is 69.3 Å². The van der Waals surface area contributed by atoms with Crippen molar-refractivity contribution >= 4 is 11.7 Å². The van der Waals surface area contributed by atoms with Crippen LogP contribution >= 0.6 is 0 Å². The van der Waals surface area contributed by atoms with Crippen molar-refractivity contribution in [3.63, 3.8) is 0 Å². The number of hydrogen-bond acceptors (Lipinski definition) is 4. The molecule has 2 rings (SSSR count). The standard InChI is InChI=1S/C18H19NO4/c1-12-10-14(18(2,3)4)8-9-16(12)23-17(20)13-6-5-7-15(11-13)19(21)22/h5-11H,1-4H3. The second kappa shape index (κ2) is 6.20. The van der Waals surface area contributed by atoms with Crippen molar-refractivity contribution in [2.24, 2.45) is 0 Å². The summed E-state index contributed by atoms with van der Waals surface area (Å²) in [6.07, 6.45) is 0. The molecule has 0 atom stereocenters. The second-order valence-electron chi connectivity index (χ2n) is 6.43. The molecule has 2 aromatic carbocycles. The number of nitrogens with zero attached hydrogens (tertiary/aromatic N) is 1. The van der Waals surface area contributed by atoms with Crippen LogP contribution in [0.15, 0.2) is 42.5 Å². The Balaban J connectivity index is 2.24. The number of nitro benzene ring substituents is 1. The topological polar surface area (TPSA) is 69.4 Å². The second-order valence-corrected chi connectivity index (χ2v) is 6.43. The van der Waals surface area contributed by atoms with Crippen LogP contribution < -0.4 is 4.74 Å². The lowest BCUT2D eigenvalue weighted by Gasteiger charge is -2.20. The molecule has 0 spiro atoms. The summed E-state index contributed by atoms with van der Waals surface area (Å²) in [6.45, 7) is 8.19. The van der Waals surface area contributed by atoms with Crippen LogP contribution in [0.4, 0.5) is 5.69 Å². The monoisotopic (exact) mass is 313 g/mol. The van der Waals surface area contributed by atoms with E-state index in [1.807, 2.05) is 19.1 Å². The van der Waals surface area contributed by atoms with E-state index in [0.29, 0.717) is 5.75 Å². The molecule has 0 aliphatic carbocycles. The fraction of sp³-hybridized carbons (Fsp3) is 0.278. The third-order valence-corrected chi connectivity index (χ3v) is 3.54. The molecule has 0 amide bonds. The van der Waals surface area contributed by atoms with Crippen LogP contribution in [-0.2, 0) is 5.41 Å². The minimum atomic E-state index is -0.611. The Morgan fingerprint density at radius 2 is 1.83 bits per heavy atom. The van der Waals surface area contributed by atoms with Crippen LogP contribution in [0.3, 0.4) is 0 Å². The lowest BCUT2D eigenvalue weighted by molar-refractivity contribution is -0.384. The van der Waals surface area contributed by atoms with E-state index in [2.05, 4.69) is 20.8 Å². The molecule has 5 heteroatoms. The Morgan fingerprint density at radius 1 is 1.13 bits per heavy atom. The number of non-ortho nitro benzene ring substituents is 1. The Bertz CT molecular complexity index is 760. The molecule has 0 bridgehead atoms. The van der Waals surface area contributed by atoms with Gasteiger partial charge in [0.2, 0.25) is 0 Å². The van der Waals surface area contributed by atoms with Gasteiger partial charge in [0.25, 0.3) is 5.69 Å². The van der Waals surface area contributed by atoms with Crippen LogP contribution in [-0.4, -0.2) is 10.9 Å². The van der Waals surface area contributed by atoms with E-state index in [4.69, 9.17) is 4.74 Å². The van der Waals surface area contributed by atoms with Crippen molar-refractivity contribution in [2.45, 2.75) is 33.1 Å². The van der Waals surface area contributed by atoms with Crippen molar-refractivity contribution in [1.82, 2.24) is 0 Å². The fourth-order valence-corrected chi connectivity index (χ4v) is 2.14. The summed E-state index contributed by atoms with van der Waals surface area (Å²) in [4.78, 5) is 22.4. The van der Waals surface area contributed by atoms with Gasteiger partial charge in [-0.1, -0.05) is 39.0 Å². The van der Waals surface area contributed by atoms with E-state index in [9.17, 15) is 14.9 Å². The predicted octanol–water partition coefficient (Wildman–Crippen LogP) is 4.42. The Labute approximate surface area is 135 Å². The first kappa shape index (κ1) is 16.7. The van der Waals surface area contributed by atoms with Gasteiger partial charge in [-0.05, 0) is 35.6 Å². The van der Waals surface area contributed by atoms with E-state index in [-0.39, 0.29) is 16.7 Å². The highest BCUT2D eigenvalue weighted by Gasteiger charge is 2.17. The summed E-state index contributed by atoms with van der Waals surface area (Å²) in [6, 6.07) is 11.2. The predicted molar refractivity (Wildman–Crippen MR) is 87.9 cm³/mol. The molecule has 0 unspecified atom stereocenters. The lowest BCUT2D eigenvalue weighted by Crippen LogP contribution is -2.13. The number of carbonyl (C=O) groups is 1. The minimum absolute atomic E-state index is 0.00728. The molecule has 5 nitrogen and oxygen atoms in total. The molecule has 0 saturated carbocycles. The maximum absolute atomic E-state index is 12.2. The summed E-state index contributed by atoms with van der Waals surface area (Å²) in [5.41, 5.74) is 2.01. The first-order valence-corrected chi connectivity index (χ1v) is 7.26. The van der Waals surface area contributed by atoms with Gasteiger partial charge in [-0.2, -0.15) is 0 Å². The Hall–Kier alpha value is -2.69. The van der Waals surface area contributed by atoms with Crippen LogP contribution in [0.25, 0.3) is 0 Å². The van der Waals surface area contributed by atoms with Crippen molar-refractivity contribution in [1.29, 1.82) is 0 Å². The fourth-order valence-electron chi connectivity index (χ4n) is 2.14. The minimum Gasteiger partial charge on any atom is -0.423 e. The molecular weight excluding hydrogens is 294 g/mol. The zero-order valence-corrected chi connectivity index (χ0v) is 13.6. The maximum atomic E-state index is 12.2. The van der Waals surface area contributed by atoms with Gasteiger partial charge in [-0.15, -0.1) is 0 Å². The van der Waals surface area contributed by atoms with Crippen molar-refractivity contribution < 1.29 is 14.5 Å². The number of ether oxygens (including phenoxy) is 1. The van der Waals surface area contributed by atoms with Gasteiger partial charge in [0.05, 0.1) is 10.5 Å². The van der Waals surface area contributed by atoms with E-state index < -0.39 is 10.9 Å². The molecule has 0 aliphatic rings. The molecule has 0 radical (unpaired) electrons. The molecule has 23 heavy (non-hydrogen) atoms. The van der Waals surface area contributed by atoms with Crippen LogP contribution in [0.5, 0.6) is 5.75 Å². The number of esters is 1. The zero-order valence-electron chi connectivity index (χ0n) is 13.6. The highest BCUT2D eigenvalue weighted by Crippen LogP contribution is 2.28. The first-order chi connectivity index (χ1) is 10.7. The summed E-state index contributed by atoms with van der Waals surface area (Å²) in [5.74, 6) is -0.158. The number of aryl methyl sites for hydroxylation is 1. The van der Waals surface area contributed by atoms with E-state index in [0.717, 1.165) is 11.1 Å². The lowest BCUT2D eigenvalue weighted by atomic mass is 9.86. The highest BCUT2D eigenvalue weighted by atomic mass is 16.6. The van der Waals surface area contributed by atoms with Gasteiger partial charge in [-0.3, -0.25) is 10.1 Å². The molecule has 0 fully saturated rings. The maximum Gasteiger partial charge on any atom is 0.343 e. The third kappa shape index (κ3) is 3.94. The number of hydrogen-bond donors (Lipinski definition) is 0. The summed E-state index contributed by atoms with van der Waals surface area (Å²) in [5, 5.41) is 10.8. The molecule has 0 aromatic heterocycles. The third-order valence-electron chi connectivity index (χ3n) is 3.54. The van der Waals surface area contributed by atoms with Crippen molar-refractivity contribution in [3.8, 4) is 5.75 Å². The van der Waals surface area contributed by atoms with Gasteiger partial charge in [0.1, 0.15) is 5.75 Å². The quantitative estimate of drug-likeness (QED) is 0.364. The SMILES string of the molecule is Cc1cc(C(C)(C)C)ccc1OC(=O)c1cccc([N+](=O)[O-])c1. The number of nitro groups is 1. The molecule has 120 valence electrons.